The molecule has 1 aromatic carbocycles. The van der Waals surface area contributed by atoms with Crippen LogP contribution in [0.25, 0.3) is 0 Å². The minimum Gasteiger partial charge on any atom is -0.387 e. The molecule has 1 saturated heterocycles. The molecule has 1 atom stereocenters. The molecule has 0 radical (unpaired) electrons. The number of hydrogen-bond donors (Lipinski definition) is 1. The van der Waals surface area contributed by atoms with Crippen LogP contribution in [-0.2, 0) is 4.74 Å². The zero-order chi connectivity index (χ0) is 13.2. The molecule has 1 aliphatic heterocycles. The quantitative estimate of drug-likeness (QED) is 0.913. The fourth-order valence-corrected chi connectivity index (χ4v) is 2.58. The van der Waals surface area contributed by atoms with Gasteiger partial charge in [-0.1, -0.05) is 6.07 Å². The van der Waals surface area contributed by atoms with Crippen molar-refractivity contribution >= 4 is 15.9 Å². The molecule has 1 unspecified atom stereocenters. The van der Waals surface area contributed by atoms with E-state index in [9.17, 15) is 14.8 Å². The van der Waals surface area contributed by atoms with Gasteiger partial charge in [0.1, 0.15) is 5.82 Å². The monoisotopic (exact) mass is 313 g/mol. The van der Waals surface area contributed by atoms with Crippen LogP contribution in [-0.4, -0.2) is 18.3 Å². The molecule has 0 amide bonds. The van der Waals surface area contributed by atoms with Crippen LogP contribution in [0.15, 0.2) is 22.7 Å². The lowest BCUT2D eigenvalue weighted by Gasteiger charge is -2.35. The average molecular weight is 314 g/mol. The van der Waals surface area contributed by atoms with Crippen LogP contribution >= 0.6 is 15.9 Å². The number of nitriles is 1. The highest BCUT2D eigenvalue weighted by atomic mass is 79.9. The predicted molar refractivity (Wildman–Crippen MR) is 67.2 cm³/mol. The van der Waals surface area contributed by atoms with Gasteiger partial charge in [-0.05, 0) is 46.5 Å². The SMILES string of the molecule is N#CC1(C(O)c2ccc(F)c(Br)c2)CCOCC1. The van der Waals surface area contributed by atoms with Crippen molar-refractivity contribution in [1.82, 2.24) is 0 Å². The number of hydrogen-bond acceptors (Lipinski definition) is 3. The van der Waals surface area contributed by atoms with Crippen molar-refractivity contribution in [2.24, 2.45) is 5.41 Å². The molecule has 0 aromatic heterocycles. The van der Waals surface area contributed by atoms with Gasteiger partial charge in [-0.3, -0.25) is 0 Å². The zero-order valence-corrected chi connectivity index (χ0v) is 11.3. The minimum absolute atomic E-state index is 0.291. The topological polar surface area (TPSA) is 53.2 Å². The Morgan fingerprint density at radius 1 is 1.44 bits per heavy atom. The van der Waals surface area contributed by atoms with Gasteiger partial charge in [0.15, 0.2) is 0 Å². The second-order valence-electron chi connectivity index (χ2n) is 4.46. The van der Waals surface area contributed by atoms with Crippen molar-refractivity contribution in [2.75, 3.05) is 13.2 Å². The second kappa shape index (κ2) is 5.35. The van der Waals surface area contributed by atoms with Crippen molar-refractivity contribution < 1.29 is 14.2 Å². The molecule has 3 nitrogen and oxygen atoms in total. The van der Waals surface area contributed by atoms with Crippen molar-refractivity contribution in [3.63, 3.8) is 0 Å². The molecule has 0 saturated carbocycles. The van der Waals surface area contributed by atoms with Crippen LogP contribution in [0.5, 0.6) is 0 Å². The minimum atomic E-state index is -0.928. The van der Waals surface area contributed by atoms with Crippen LogP contribution in [0.2, 0.25) is 0 Å². The van der Waals surface area contributed by atoms with E-state index in [4.69, 9.17) is 4.74 Å². The third-order valence-electron chi connectivity index (χ3n) is 3.39. The summed E-state index contributed by atoms with van der Waals surface area (Å²) in [5.41, 5.74) is -0.290. The summed E-state index contributed by atoms with van der Waals surface area (Å²) in [6, 6.07) is 6.53. The first-order valence-electron chi connectivity index (χ1n) is 5.71. The van der Waals surface area contributed by atoms with E-state index in [0.29, 0.717) is 36.1 Å². The molecule has 0 bridgehead atoms. The number of nitrogens with zero attached hydrogens (tertiary/aromatic N) is 1. The average Bonchev–Trinajstić information content (AvgIpc) is 2.42. The maximum Gasteiger partial charge on any atom is 0.137 e. The van der Waals surface area contributed by atoms with Gasteiger partial charge in [-0.25, -0.2) is 4.39 Å². The highest BCUT2D eigenvalue weighted by molar-refractivity contribution is 9.10. The summed E-state index contributed by atoms with van der Waals surface area (Å²) < 4.78 is 18.7. The van der Waals surface area contributed by atoms with Crippen molar-refractivity contribution in [1.29, 1.82) is 5.26 Å². The Kier molecular flexibility index (Phi) is 4.00. The smallest absolute Gasteiger partial charge is 0.137 e. The summed E-state index contributed by atoms with van der Waals surface area (Å²) in [5.74, 6) is -0.385. The molecule has 1 aromatic rings. The third kappa shape index (κ3) is 2.41. The number of rotatable bonds is 2. The van der Waals surface area contributed by atoms with Crippen molar-refractivity contribution in [3.8, 4) is 6.07 Å². The van der Waals surface area contributed by atoms with Crippen LogP contribution in [0.1, 0.15) is 24.5 Å². The molecular weight excluding hydrogens is 301 g/mol. The number of ether oxygens (including phenoxy) is 1. The summed E-state index contributed by atoms with van der Waals surface area (Å²) >= 11 is 3.08. The Hall–Kier alpha value is -0.960. The Morgan fingerprint density at radius 3 is 2.67 bits per heavy atom. The van der Waals surface area contributed by atoms with E-state index in [1.165, 1.54) is 18.2 Å². The first-order chi connectivity index (χ1) is 8.59. The van der Waals surface area contributed by atoms with Gasteiger partial charge < -0.3 is 9.84 Å². The van der Waals surface area contributed by atoms with Crippen LogP contribution in [0, 0.1) is 22.6 Å². The Bertz CT molecular complexity index is 480. The molecule has 0 aliphatic carbocycles. The molecule has 96 valence electrons. The predicted octanol–water partition coefficient (Wildman–Crippen LogP) is 2.94. The third-order valence-corrected chi connectivity index (χ3v) is 4.00. The first-order valence-corrected chi connectivity index (χ1v) is 6.50. The van der Waals surface area contributed by atoms with Gasteiger partial charge in [0, 0.05) is 13.2 Å². The molecule has 5 heteroatoms. The summed E-state index contributed by atoms with van der Waals surface area (Å²) in [4.78, 5) is 0. The van der Waals surface area contributed by atoms with Crippen molar-refractivity contribution in [3.05, 3.63) is 34.1 Å². The summed E-state index contributed by atoms with van der Waals surface area (Å²) in [6.45, 7) is 0.931. The standard InChI is InChI=1S/C13H13BrFNO2/c14-10-7-9(1-2-11(10)15)12(17)13(8-16)3-5-18-6-4-13/h1-2,7,12,17H,3-6H2. The lowest BCUT2D eigenvalue weighted by molar-refractivity contribution is -0.0310. The molecule has 1 N–H and O–H groups in total. The largest absolute Gasteiger partial charge is 0.387 e. The number of halogens is 2. The van der Waals surface area contributed by atoms with Gasteiger partial charge in [-0.2, -0.15) is 5.26 Å². The van der Waals surface area contributed by atoms with Crippen LogP contribution in [0.4, 0.5) is 4.39 Å². The number of benzene rings is 1. The van der Waals surface area contributed by atoms with Gasteiger partial charge in [0.05, 0.1) is 22.1 Å². The van der Waals surface area contributed by atoms with Gasteiger partial charge in [-0.15, -0.1) is 0 Å². The van der Waals surface area contributed by atoms with Crippen molar-refractivity contribution in [2.45, 2.75) is 18.9 Å². The van der Waals surface area contributed by atoms with E-state index >= 15 is 0 Å². The number of aliphatic hydroxyl groups is 1. The summed E-state index contributed by atoms with van der Waals surface area (Å²) in [7, 11) is 0. The van der Waals surface area contributed by atoms with E-state index in [1.807, 2.05) is 0 Å². The molecule has 1 fully saturated rings. The fourth-order valence-electron chi connectivity index (χ4n) is 2.18. The normalized spacial score (nSPS) is 20.1. The molecular formula is C13H13BrFNO2. The second-order valence-corrected chi connectivity index (χ2v) is 5.31. The van der Waals surface area contributed by atoms with E-state index in [-0.39, 0.29) is 5.82 Å². The van der Waals surface area contributed by atoms with Crippen LogP contribution in [0.3, 0.4) is 0 Å². The summed E-state index contributed by atoms with van der Waals surface area (Å²) in [6.07, 6.45) is 0.0441. The zero-order valence-electron chi connectivity index (χ0n) is 9.70. The maximum absolute atomic E-state index is 13.2. The molecule has 18 heavy (non-hydrogen) atoms. The molecule has 1 heterocycles. The van der Waals surface area contributed by atoms with Gasteiger partial charge in [0.2, 0.25) is 0 Å². The highest BCUT2D eigenvalue weighted by Gasteiger charge is 2.40. The highest BCUT2D eigenvalue weighted by Crippen LogP contribution is 2.42. The first kappa shape index (κ1) is 13.5. The Labute approximate surface area is 113 Å². The molecule has 1 aliphatic rings. The lowest BCUT2D eigenvalue weighted by atomic mass is 9.74. The van der Waals surface area contributed by atoms with E-state index in [0.717, 1.165) is 0 Å². The van der Waals surface area contributed by atoms with E-state index in [2.05, 4.69) is 22.0 Å². The molecule has 2 rings (SSSR count). The van der Waals surface area contributed by atoms with Crippen LogP contribution < -0.4 is 0 Å². The maximum atomic E-state index is 13.2. The molecule has 0 spiro atoms. The van der Waals surface area contributed by atoms with E-state index in [1.54, 1.807) is 0 Å². The fraction of sp³-hybridized carbons (Fsp3) is 0.462. The Balaban J connectivity index is 2.31. The number of aliphatic hydroxyl groups excluding tert-OH is 1. The van der Waals surface area contributed by atoms with E-state index < -0.39 is 11.5 Å². The summed E-state index contributed by atoms with van der Waals surface area (Å²) in [5, 5.41) is 19.7. The van der Waals surface area contributed by atoms with Gasteiger partial charge in [0.25, 0.3) is 0 Å². The Morgan fingerprint density at radius 2 is 2.11 bits per heavy atom. The lowest BCUT2D eigenvalue weighted by Crippen LogP contribution is -2.34. The van der Waals surface area contributed by atoms with Gasteiger partial charge >= 0.3 is 0 Å².